The third-order valence-electron chi connectivity index (χ3n) is 6.30. The first-order chi connectivity index (χ1) is 18.2. The highest BCUT2D eigenvalue weighted by Crippen LogP contribution is 2.44. The van der Waals surface area contributed by atoms with Crippen LogP contribution in [-0.4, -0.2) is 33.4 Å². The molecular formula is C29H26ClN3O4S. The number of amides is 1. The number of anilines is 1. The van der Waals surface area contributed by atoms with Crippen molar-refractivity contribution in [1.29, 1.82) is 0 Å². The van der Waals surface area contributed by atoms with E-state index < -0.39 is 17.7 Å². The number of aliphatic hydroxyl groups is 1. The molecular weight excluding hydrogens is 522 g/mol. The number of aromatic nitrogens is 2. The topological polar surface area (TPSA) is 92.6 Å². The van der Waals surface area contributed by atoms with Gasteiger partial charge in [0.25, 0.3) is 5.78 Å². The molecule has 2 aromatic carbocycles. The molecule has 38 heavy (non-hydrogen) atoms. The van der Waals surface area contributed by atoms with Gasteiger partial charge in [0, 0.05) is 16.8 Å². The molecule has 1 saturated heterocycles. The van der Waals surface area contributed by atoms with Crippen molar-refractivity contribution >= 4 is 55.7 Å². The van der Waals surface area contributed by atoms with E-state index in [1.807, 2.05) is 19.9 Å². The molecule has 0 saturated carbocycles. The lowest BCUT2D eigenvalue weighted by atomic mass is 9.97. The Balaban J connectivity index is 1.64. The minimum atomic E-state index is -0.953. The Morgan fingerprint density at radius 3 is 2.61 bits per heavy atom. The summed E-state index contributed by atoms with van der Waals surface area (Å²) in [6.45, 7) is 8.45. The maximum absolute atomic E-state index is 13.4. The van der Waals surface area contributed by atoms with Gasteiger partial charge in [-0.05, 0) is 73.4 Å². The summed E-state index contributed by atoms with van der Waals surface area (Å²) in [6, 6.07) is 13.1. The number of halogens is 1. The molecule has 1 atom stereocenters. The van der Waals surface area contributed by atoms with E-state index >= 15 is 0 Å². The second-order valence-electron chi connectivity index (χ2n) is 9.67. The molecule has 0 aliphatic carbocycles. The summed E-state index contributed by atoms with van der Waals surface area (Å²) in [7, 11) is 0. The molecule has 7 nitrogen and oxygen atoms in total. The lowest BCUT2D eigenvalue weighted by Crippen LogP contribution is -2.29. The van der Waals surface area contributed by atoms with Gasteiger partial charge in [0.1, 0.15) is 17.6 Å². The van der Waals surface area contributed by atoms with Gasteiger partial charge in [-0.2, -0.15) is 0 Å². The standard InChI is InChI=1S/C29H26ClN3O4S/c1-15(2)14-37-22-9-8-18(11-17(22)4)26(34)24-25(20-7-5-6-10-31-20)33(28(36)27(24)35)29-32-21-13-19(30)16(3)12-23(21)38-29/h5-13,15,25,34H,14H2,1-4H3/b26-24+. The van der Waals surface area contributed by atoms with E-state index in [-0.39, 0.29) is 11.3 Å². The predicted molar refractivity (Wildman–Crippen MR) is 150 cm³/mol. The number of aliphatic hydroxyl groups excluding tert-OH is 1. The van der Waals surface area contributed by atoms with Crippen LogP contribution < -0.4 is 9.64 Å². The van der Waals surface area contributed by atoms with Gasteiger partial charge in [0.15, 0.2) is 5.13 Å². The molecule has 1 unspecified atom stereocenters. The van der Waals surface area contributed by atoms with Crippen LogP contribution in [0.25, 0.3) is 16.0 Å². The Hall–Kier alpha value is -3.75. The lowest BCUT2D eigenvalue weighted by Gasteiger charge is -2.22. The monoisotopic (exact) mass is 547 g/mol. The van der Waals surface area contributed by atoms with E-state index in [2.05, 4.69) is 23.8 Å². The van der Waals surface area contributed by atoms with Gasteiger partial charge in [0.05, 0.1) is 28.1 Å². The molecule has 0 radical (unpaired) electrons. The number of rotatable bonds is 6. The van der Waals surface area contributed by atoms with Gasteiger partial charge in [-0.3, -0.25) is 19.5 Å². The minimum Gasteiger partial charge on any atom is -0.507 e. The second-order valence-corrected chi connectivity index (χ2v) is 11.1. The molecule has 1 aliphatic heterocycles. The van der Waals surface area contributed by atoms with Gasteiger partial charge >= 0.3 is 5.91 Å². The number of pyridine rings is 1. The summed E-state index contributed by atoms with van der Waals surface area (Å²) in [6.07, 6.45) is 1.59. The van der Waals surface area contributed by atoms with Crippen molar-refractivity contribution in [2.45, 2.75) is 33.7 Å². The fourth-order valence-corrected chi connectivity index (χ4v) is 5.59. The third-order valence-corrected chi connectivity index (χ3v) is 7.72. The van der Waals surface area contributed by atoms with Crippen LogP contribution in [-0.2, 0) is 9.59 Å². The zero-order chi connectivity index (χ0) is 27.1. The van der Waals surface area contributed by atoms with E-state index in [1.54, 1.807) is 48.7 Å². The highest BCUT2D eigenvalue weighted by atomic mass is 35.5. The maximum Gasteiger partial charge on any atom is 0.301 e. The van der Waals surface area contributed by atoms with E-state index in [1.165, 1.54) is 16.2 Å². The number of nitrogens with zero attached hydrogens (tertiary/aromatic N) is 3. The average molecular weight is 548 g/mol. The molecule has 0 bridgehead atoms. The minimum absolute atomic E-state index is 0.0441. The molecule has 1 amide bonds. The van der Waals surface area contributed by atoms with E-state index in [0.717, 1.165) is 15.8 Å². The number of aryl methyl sites for hydroxylation is 2. The number of carbonyl (C=O) groups excluding carboxylic acids is 2. The number of ketones is 1. The molecule has 9 heteroatoms. The number of carbonyl (C=O) groups is 2. The summed E-state index contributed by atoms with van der Waals surface area (Å²) in [4.78, 5) is 37.2. The number of hydrogen-bond donors (Lipinski definition) is 1. The number of Topliss-reactive ketones (excluding diaryl/α,β-unsaturated/α-hetero) is 1. The SMILES string of the molecule is Cc1cc2sc(N3C(=O)C(=O)/C(=C(/O)c4ccc(OCC(C)C)c(C)c4)C3c3ccccn3)nc2cc1Cl. The summed E-state index contributed by atoms with van der Waals surface area (Å²) >= 11 is 7.57. The molecule has 1 N–H and O–H groups in total. The van der Waals surface area contributed by atoms with Crippen molar-refractivity contribution in [2.75, 3.05) is 11.5 Å². The van der Waals surface area contributed by atoms with Crippen molar-refractivity contribution in [1.82, 2.24) is 9.97 Å². The van der Waals surface area contributed by atoms with Crippen LogP contribution in [0.15, 0.2) is 60.3 Å². The number of hydrogen-bond acceptors (Lipinski definition) is 7. The smallest absolute Gasteiger partial charge is 0.301 e. The Morgan fingerprint density at radius 2 is 1.92 bits per heavy atom. The molecule has 3 heterocycles. The number of fused-ring (bicyclic) bond motifs is 1. The van der Waals surface area contributed by atoms with Crippen molar-refractivity contribution in [3.05, 3.63) is 87.7 Å². The van der Waals surface area contributed by atoms with Crippen LogP contribution >= 0.6 is 22.9 Å². The van der Waals surface area contributed by atoms with Crippen molar-refractivity contribution in [2.24, 2.45) is 5.92 Å². The predicted octanol–water partition coefficient (Wildman–Crippen LogP) is 6.62. The molecule has 1 aliphatic rings. The average Bonchev–Trinajstić information content (AvgIpc) is 3.40. The first-order valence-electron chi connectivity index (χ1n) is 12.2. The number of benzene rings is 2. The van der Waals surface area contributed by atoms with E-state index in [4.69, 9.17) is 16.3 Å². The number of ether oxygens (including phenoxy) is 1. The summed E-state index contributed by atoms with van der Waals surface area (Å²) in [5.74, 6) is -0.804. The Labute approximate surface area is 229 Å². The highest BCUT2D eigenvalue weighted by molar-refractivity contribution is 7.22. The first kappa shape index (κ1) is 25.9. The Kier molecular flexibility index (Phi) is 6.94. The molecule has 1 fully saturated rings. The summed E-state index contributed by atoms with van der Waals surface area (Å²) < 4.78 is 6.68. The highest BCUT2D eigenvalue weighted by Gasteiger charge is 2.48. The summed E-state index contributed by atoms with van der Waals surface area (Å²) in [5.41, 5.74) is 3.11. The molecule has 194 valence electrons. The normalized spacial score (nSPS) is 17.1. The van der Waals surface area contributed by atoms with Crippen LogP contribution in [0, 0.1) is 19.8 Å². The molecule has 4 aromatic rings. The van der Waals surface area contributed by atoms with Gasteiger partial charge < -0.3 is 9.84 Å². The molecule has 0 spiro atoms. The van der Waals surface area contributed by atoms with E-state index in [0.29, 0.717) is 45.2 Å². The Bertz CT molecular complexity index is 1560. The van der Waals surface area contributed by atoms with Crippen LogP contribution in [0.3, 0.4) is 0 Å². The van der Waals surface area contributed by atoms with Crippen LogP contribution in [0.5, 0.6) is 5.75 Å². The number of thiazole rings is 1. The first-order valence-corrected chi connectivity index (χ1v) is 13.4. The fourth-order valence-electron chi connectivity index (χ4n) is 4.36. The van der Waals surface area contributed by atoms with Crippen LogP contribution in [0.2, 0.25) is 5.02 Å². The van der Waals surface area contributed by atoms with Crippen LogP contribution in [0.1, 0.15) is 42.3 Å². The van der Waals surface area contributed by atoms with Gasteiger partial charge in [0.2, 0.25) is 0 Å². The molecule has 5 rings (SSSR count). The van der Waals surface area contributed by atoms with Crippen molar-refractivity contribution in [3.8, 4) is 5.75 Å². The van der Waals surface area contributed by atoms with Gasteiger partial charge in [-0.1, -0.05) is 42.9 Å². The molecule has 2 aromatic heterocycles. The Morgan fingerprint density at radius 1 is 1.13 bits per heavy atom. The largest absolute Gasteiger partial charge is 0.507 e. The maximum atomic E-state index is 13.4. The van der Waals surface area contributed by atoms with Crippen LogP contribution in [0.4, 0.5) is 5.13 Å². The fraction of sp³-hybridized carbons (Fsp3) is 0.241. The van der Waals surface area contributed by atoms with E-state index in [9.17, 15) is 14.7 Å². The quantitative estimate of drug-likeness (QED) is 0.166. The van der Waals surface area contributed by atoms with Crippen molar-refractivity contribution < 1.29 is 19.4 Å². The van der Waals surface area contributed by atoms with Crippen molar-refractivity contribution in [3.63, 3.8) is 0 Å². The zero-order valence-corrected chi connectivity index (χ0v) is 22.9. The second kappa shape index (κ2) is 10.2. The summed E-state index contributed by atoms with van der Waals surface area (Å²) in [5, 5.41) is 12.3. The zero-order valence-electron chi connectivity index (χ0n) is 21.4. The van der Waals surface area contributed by atoms with Gasteiger partial charge in [-0.25, -0.2) is 4.98 Å². The lowest BCUT2D eigenvalue weighted by molar-refractivity contribution is -0.132. The third kappa shape index (κ3) is 4.66. The van der Waals surface area contributed by atoms with Gasteiger partial charge in [-0.15, -0.1) is 0 Å².